The average Bonchev–Trinajstić information content (AvgIpc) is 2.36. The zero-order valence-electron chi connectivity index (χ0n) is 10.8. The summed E-state index contributed by atoms with van der Waals surface area (Å²) in [6.07, 6.45) is 3.28. The number of benzene rings is 1. The summed E-state index contributed by atoms with van der Waals surface area (Å²) in [7, 11) is 2.16. The number of carbonyl (C=O) groups excluding carboxylic acids is 1. The van der Waals surface area contributed by atoms with Gasteiger partial charge in [-0.2, -0.15) is 0 Å². The Labute approximate surface area is 108 Å². The molecule has 0 radical (unpaired) electrons. The Hall–Kier alpha value is -1.68. The molecule has 1 aromatic rings. The van der Waals surface area contributed by atoms with Gasteiger partial charge in [0.1, 0.15) is 12.8 Å². The molecule has 0 aliphatic rings. The van der Waals surface area contributed by atoms with E-state index in [1.807, 2.05) is 6.07 Å². The number of Topliss-reactive ketones (excluding diaryl/α,β-unsaturated/α-hetero) is 1. The normalized spacial score (nSPS) is 12.7. The zero-order chi connectivity index (χ0) is 13.2. The van der Waals surface area contributed by atoms with Gasteiger partial charge >= 0.3 is 0 Å². The number of nitrogens with one attached hydrogen (secondary N) is 1. The number of hydrogen-bond donors (Lipinski definition) is 2. The van der Waals surface area contributed by atoms with Crippen molar-refractivity contribution in [2.45, 2.75) is 25.8 Å². The first-order valence-electron chi connectivity index (χ1n) is 6.28. The average molecular weight is 249 g/mol. The Morgan fingerprint density at radius 1 is 1.33 bits per heavy atom. The van der Waals surface area contributed by atoms with Crippen molar-refractivity contribution in [3.05, 3.63) is 35.9 Å². The second kappa shape index (κ2) is 8.42. The lowest BCUT2D eigenvalue weighted by Gasteiger charge is -2.13. The Bertz CT molecular complexity index is 377. The summed E-state index contributed by atoms with van der Waals surface area (Å²) in [5.41, 5.74) is 1.33. The molecule has 2 N–H and O–H groups in total. The van der Waals surface area contributed by atoms with Crippen molar-refractivity contribution in [1.82, 2.24) is 0 Å². The highest BCUT2D eigenvalue weighted by molar-refractivity contribution is 6.27. The van der Waals surface area contributed by atoms with Crippen molar-refractivity contribution >= 4 is 12.0 Å². The van der Waals surface area contributed by atoms with Crippen LogP contribution in [0.3, 0.4) is 0 Å². The van der Waals surface area contributed by atoms with E-state index >= 15 is 0 Å². The summed E-state index contributed by atoms with van der Waals surface area (Å²) in [6.45, 7) is 2.05. The first-order valence-corrected chi connectivity index (χ1v) is 6.28. The molecular formula is C14H21N2O2+. The van der Waals surface area contributed by atoms with Crippen LogP contribution in [0.1, 0.15) is 24.8 Å². The van der Waals surface area contributed by atoms with Gasteiger partial charge in [0.05, 0.1) is 13.6 Å². The van der Waals surface area contributed by atoms with Gasteiger partial charge in [0.25, 0.3) is 0 Å². The van der Waals surface area contributed by atoms with Crippen LogP contribution in [0.25, 0.3) is 0 Å². The number of unbranched alkanes of at least 4 members (excludes halogenated alkanes) is 1. The van der Waals surface area contributed by atoms with Crippen LogP contribution in [0, 0.1) is 0 Å². The zero-order valence-corrected chi connectivity index (χ0v) is 10.8. The number of rotatable bonds is 8. The van der Waals surface area contributed by atoms with E-state index in [1.54, 1.807) is 0 Å². The van der Waals surface area contributed by atoms with Gasteiger partial charge in [-0.3, -0.25) is 4.79 Å². The maximum atomic E-state index is 11.1. The Balaban J connectivity index is 2.14. The van der Waals surface area contributed by atoms with Gasteiger partial charge in [-0.1, -0.05) is 35.5 Å². The minimum atomic E-state index is -0.113. The van der Waals surface area contributed by atoms with Gasteiger partial charge < -0.3 is 10.1 Å². The maximum absolute atomic E-state index is 11.1. The lowest BCUT2D eigenvalue weighted by Crippen LogP contribution is -3.07. The van der Waals surface area contributed by atoms with E-state index in [-0.39, 0.29) is 5.78 Å². The molecule has 0 saturated carbocycles. The molecule has 4 nitrogen and oxygen atoms in total. The third kappa shape index (κ3) is 6.15. The fraction of sp³-hybridized carbons (Fsp3) is 0.429. The summed E-state index contributed by atoms with van der Waals surface area (Å²) >= 11 is 0. The fourth-order valence-corrected chi connectivity index (χ4v) is 1.89. The number of hydrogen-bond acceptors (Lipinski definition) is 3. The SMILES string of the molecule is C[NH+](CCCCC(=O)C=NO)Cc1ccccc1. The largest absolute Gasteiger partial charge is 0.411 e. The number of quaternary nitrogens is 1. The molecule has 1 aromatic carbocycles. The predicted octanol–water partition coefficient (Wildman–Crippen LogP) is 0.901. The quantitative estimate of drug-likeness (QED) is 0.311. The minimum Gasteiger partial charge on any atom is -0.411 e. The molecule has 0 aliphatic carbocycles. The molecule has 18 heavy (non-hydrogen) atoms. The topological polar surface area (TPSA) is 54.1 Å². The molecule has 1 rings (SSSR count). The van der Waals surface area contributed by atoms with E-state index in [9.17, 15) is 4.79 Å². The number of nitrogens with zero attached hydrogens (tertiary/aromatic N) is 1. The summed E-state index contributed by atoms with van der Waals surface area (Å²) in [5.74, 6) is -0.113. The molecule has 0 amide bonds. The van der Waals surface area contributed by atoms with E-state index in [2.05, 4.69) is 36.5 Å². The monoisotopic (exact) mass is 249 g/mol. The molecule has 4 heteroatoms. The highest BCUT2D eigenvalue weighted by Crippen LogP contribution is 1.96. The first-order chi connectivity index (χ1) is 8.72. The van der Waals surface area contributed by atoms with Crippen LogP contribution in [0.5, 0.6) is 0 Å². The lowest BCUT2D eigenvalue weighted by atomic mass is 10.1. The molecular weight excluding hydrogens is 228 g/mol. The molecule has 0 fully saturated rings. The van der Waals surface area contributed by atoms with E-state index in [0.717, 1.165) is 32.1 Å². The fourth-order valence-electron chi connectivity index (χ4n) is 1.89. The van der Waals surface area contributed by atoms with Gasteiger partial charge in [-0.15, -0.1) is 0 Å². The smallest absolute Gasteiger partial charge is 0.177 e. The summed E-state index contributed by atoms with van der Waals surface area (Å²) in [6, 6.07) is 10.4. The van der Waals surface area contributed by atoms with Gasteiger partial charge in [0, 0.05) is 12.0 Å². The van der Waals surface area contributed by atoms with Crippen LogP contribution >= 0.6 is 0 Å². The van der Waals surface area contributed by atoms with Gasteiger partial charge in [0.2, 0.25) is 0 Å². The third-order valence-corrected chi connectivity index (χ3v) is 2.83. The Morgan fingerprint density at radius 3 is 2.72 bits per heavy atom. The Kier molecular flexibility index (Phi) is 6.72. The number of ketones is 1. The van der Waals surface area contributed by atoms with E-state index in [0.29, 0.717) is 6.42 Å². The van der Waals surface area contributed by atoms with Gasteiger partial charge in [0.15, 0.2) is 5.78 Å². The molecule has 0 bridgehead atoms. The van der Waals surface area contributed by atoms with E-state index in [4.69, 9.17) is 5.21 Å². The molecule has 0 aliphatic heterocycles. The predicted molar refractivity (Wildman–Crippen MR) is 71.0 cm³/mol. The van der Waals surface area contributed by atoms with Crippen molar-refractivity contribution in [2.75, 3.05) is 13.6 Å². The standard InChI is InChI=1S/C14H20N2O2/c1-16(12-13-7-3-2-4-8-13)10-6-5-9-14(17)11-15-18/h2-4,7-8,11,18H,5-6,9-10,12H2,1H3/p+1. The molecule has 1 atom stereocenters. The second-order valence-corrected chi connectivity index (χ2v) is 4.54. The van der Waals surface area contributed by atoms with Crippen LogP contribution in [0.15, 0.2) is 35.5 Å². The number of oxime groups is 1. The molecule has 0 aromatic heterocycles. The number of carbonyl (C=O) groups is 1. The van der Waals surface area contributed by atoms with E-state index in [1.165, 1.54) is 10.5 Å². The van der Waals surface area contributed by atoms with Crippen LogP contribution < -0.4 is 4.90 Å². The molecule has 0 saturated heterocycles. The molecule has 98 valence electrons. The van der Waals surface area contributed by atoms with Crippen molar-refractivity contribution in [2.24, 2.45) is 5.16 Å². The molecule has 1 unspecified atom stereocenters. The second-order valence-electron chi connectivity index (χ2n) is 4.54. The third-order valence-electron chi connectivity index (χ3n) is 2.83. The van der Waals surface area contributed by atoms with Crippen LogP contribution in [-0.4, -0.2) is 30.8 Å². The summed E-state index contributed by atoms with van der Waals surface area (Å²) in [5, 5.41) is 10.9. The van der Waals surface area contributed by atoms with Crippen LogP contribution in [0.4, 0.5) is 0 Å². The lowest BCUT2D eigenvalue weighted by molar-refractivity contribution is -0.894. The summed E-state index contributed by atoms with van der Waals surface area (Å²) in [4.78, 5) is 12.5. The van der Waals surface area contributed by atoms with Crippen molar-refractivity contribution < 1.29 is 14.9 Å². The van der Waals surface area contributed by atoms with Crippen LogP contribution in [-0.2, 0) is 11.3 Å². The highest BCUT2D eigenvalue weighted by atomic mass is 16.4. The molecule has 0 spiro atoms. The highest BCUT2D eigenvalue weighted by Gasteiger charge is 2.04. The van der Waals surface area contributed by atoms with Crippen molar-refractivity contribution in [1.29, 1.82) is 0 Å². The van der Waals surface area contributed by atoms with Crippen molar-refractivity contribution in [3.8, 4) is 0 Å². The van der Waals surface area contributed by atoms with Crippen LogP contribution in [0.2, 0.25) is 0 Å². The van der Waals surface area contributed by atoms with Crippen molar-refractivity contribution in [3.63, 3.8) is 0 Å². The minimum absolute atomic E-state index is 0.113. The maximum Gasteiger partial charge on any atom is 0.177 e. The van der Waals surface area contributed by atoms with Gasteiger partial charge in [-0.25, -0.2) is 0 Å². The first kappa shape index (κ1) is 14.4. The Morgan fingerprint density at radius 2 is 2.06 bits per heavy atom. The summed E-state index contributed by atoms with van der Waals surface area (Å²) < 4.78 is 0. The van der Waals surface area contributed by atoms with Gasteiger partial charge in [-0.05, 0) is 12.8 Å². The van der Waals surface area contributed by atoms with E-state index < -0.39 is 0 Å². The molecule has 0 heterocycles.